The molecule has 2 aromatic rings. The summed E-state index contributed by atoms with van der Waals surface area (Å²) in [4.78, 5) is 24.2. The molecule has 0 fully saturated rings. The van der Waals surface area contributed by atoms with Gasteiger partial charge in [-0.3, -0.25) is 9.59 Å². The molecule has 1 aromatic heterocycles. The first-order chi connectivity index (χ1) is 9.54. The first kappa shape index (κ1) is 14.4. The fourth-order valence-corrected chi connectivity index (χ4v) is 1.93. The lowest BCUT2D eigenvalue weighted by Gasteiger charge is -2.07. The van der Waals surface area contributed by atoms with Gasteiger partial charge in [0.1, 0.15) is 11.1 Å². The Balaban J connectivity index is 2.48. The maximum Gasteiger partial charge on any atom is 0.260 e. The Kier molecular flexibility index (Phi) is 4.26. The number of halogens is 1. The van der Waals surface area contributed by atoms with Gasteiger partial charge in [-0.15, -0.1) is 0 Å². The van der Waals surface area contributed by atoms with Gasteiger partial charge in [0, 0.05) is 18.7 Å². The molecular weight excluding hydrogens is 284 g/mol. The molecule has 0 bridgehead atoms. The van der Waals surface area contributed by atoms with E-state index in [1.54, 1.807) is 6.07 Å². The zero-order valence-corrected chi connectivity index (χ0v) is 11.5. The third-order valence-corrected chi connectivity index (χ3v) is 2.93. The number of nitrogen functional groups attached to an aromatic ring is 1. The van der Waals surface area contributed by atoms with Gasteiger partial charge in [-0.2, -0.15) is 0 Å². The molecule has 0 aliphatic heterocycles. The van der Waals surface area contributed by atoms with E-state index in [0.717, 1.165) is 0 Å². The Bertz CT molecular complexity index is 711. The van der Waals surface area contributed by atoms with Gasteiger partial charge in [0.2, 0.25) is 11.3 Å². The van der Waals surface area contributed by atoms with Crippen LogP contribution < -0.4 is 16.5 Å². The molecule has 0 saturated carbocycles. The molecule has 3 N–H and O–H groups in total. The highest BCUT2D eigenvalue weighted by Crippen LogP contribution is 2.20. The van der Waals surface area contributed by atoms with Gasteiger partial charge in [0.05, 0.1) is 12.0 Å². The van der Waals surface area contributed by atoms with Gasteiger partial charge < -0.3 is 20.2 Å². The van der Waals surface area contributed by atoms with Crippen molar-refractivity contribution in [2.45, 2.75) is 0 Å². The number of methoxy groups -OCH3 is 1. The van der Waals surface area contributed by atoms with Crippen LogP contribution in [-0.2, 0) is 4.74 Å². The van der Waals surface area contributed by atoms with Crippen molar-refractivity contribution < 1.29 is 13.9 Å². The van der Waals surface area contributed by atoms with E-state index in [2.05, 4.69) is 5.32 Å². The molecule has 0 atom stereocenters. The average molecular weight is 297 g/mol. The van der Waals surface area contributed by atoms with E-state index in [1.807, 2.05) is 0 Å². The van der Waals surface area contributed by atoms with Crippen LogP contribution in [0.3, 0.4) is 0 Å². The molecule has 0 saturated heterocycles. The molecule has 0 radical (unpaired) electrons. The smallest absolute Gasteiger partial charge is 0.260 e. The third-order valence-electron chi connectivity index (χ3n) is 2.70. The van der Waals surface area contributed by atoms with Crippen LogP contribution in [0.1, 0.15) is 10.4 Å². The van der Waals surface area contributed by atoms with Crippen molar-refractivity contribution in [1.82, 2.24) is 5.32 Å². The zero-order chi connectivity index (χ0) is 14.7. The van der Waals surface area contributed by atoms with Gasteiger partial charge in [-0.25, -0.2) is 0 Å². The quantitative estimate of drug-likeness (QED) is 0.832. The van der Waals surface area contributed by atoms with E-state index >= 15 is 0 Å². The van der Waals surface area contributed by atoms with E-state index in [-0.39, 0.29) is 29.0 Å². The maximum atomic E-state index is 12.3. The molecule has 1 heterocycles. The van der Waals surface area contributed by atoms with Crippen molar-refractivity contribution in [3.8, 4) is 0 Å². The molecule has 1 amide bonds. The predicted octanol–water partition coefficient (Wildman–Crippen LogP) is 1.40. The normalized spacial score (nSPS) is 10.7. The second-order valence-electron chi connectivity index (χ2n) is 4.06. The summed E-state index contributed by atoms with van der Waals surface area (Å²) in [6, 6.07) is 4.54. The Morgan fingerprint density at radius 2 is 2.25 bits per heavy atom. The maximum absolute atomic E-state index is 12.3. The molecule has 20 heavy (non-hydrogen) atoms. The molecule has 0 aliphatic carbocycles. The van der Waals surface area contributed by atoms with Crippen molar-refractivity contribution in [3.05, 3.63) is 39.0 Å². The van der Waals surface area contributed by atoms with E-state index in [0.29, 0.717) is 11.6 Å². The Morgan fingerprint density at radius 3 is 2.95 bits per heavy atom. The molecule has 6 nitrogen and oxygen atoms in total. The fourth-order valence-electron chi connectivity index (χ4n) is 1.75. The van der Waals surface area contributed by atoms with E-state index in [9.17, 15) is 9.59 Å². The number of hydrogen-bond acceptors (Lipinski definition) is 5. The van der Waals surface area contributed by atoms with Crippen LogP contribution in [0.25, 0.3) is 11.0 Å². The standard InChI is InChI=1S/C13H13ClN2O4/c1-19-5-4-16-13(18)10-11(17)8-6-7(14)2-3-9(8)20-12(10)15/h2-3,6H,4-5,15H2,1H3,(H,16,18). The highest BCUT2D eigenvalue weighted by molar-refractivity contribution is 6.31. The van der Waals surface area contributed by atoms with Crippen LogP contribution in [0.15, 0.2) is 27.4 Å². The molecule has 0 spiro atoms. The third kappa shape index (κ3) is 2.76. The van der Waals surface area contributed by atoms with Gasteiger partial charge in [-0.1, -0.05) is 11.6 Å². The lowest BCUT2D eigenvalue weighted by atomic mass is 10.1. The summed E-state index contributed by atoms with van der Waals surface area (Å²) in [7, 11) is 1.51. The van der Waals surface area contributed by atoms with Crippen molar-refractivity contribution >= 4 is 34.4 Å². The molecule has 7 heteroatoms. The topological polar surface area (TPSA) is 94.6 Å². The number of carbonyl (C=O) groups is 1. The van der Waals surface area contributed by atoms with Crippen LogP contribution in [0.2, 0.25) is 5.02 Å². The average Bonchev–Trinajstić information content (AvgIpc) is 2.40. The number of nitrogens with two attached hydrogens (primary N) is 1. The number of rotatable bonds is 4. The Morgan fingerprint density at radius 1 is 1.50 bits per heavy atom. The number of anilines is 1. The molecule has 1 aromatic carbocycles. The number of benzene rings is 1. The summed E-state index contributed by atoms with van der Waals surface area (Å²) >= 11 is 5.84. The van der Waals surface area contributed by atoms with Crippen LogP contribution >= 0.6 is 11.6 Å². The minimum Gasteiger partial charge on any atom is -0.440 e. The monoisotopic (exact) mass is 296 g/mol. The zero-order valence-electron chi connectivity index (χ0n) is 10.7. The number of hydrogen-bond donors (Lipinski definition) is 2. The number of carbonyl (C=O) groups excluding carboxylic acids is 1. The minimum atomic E-state index is -0.602. The van der Waals surface area contributed by atoms with Crippen LogP contribution in [-0.4, -0.2) is 26.2 Å². The number of ether oxygens (including phenoxy) is 1. The molecule has 2 rings (SSSR count). The number of fused-ring (bicyclic) bond motifs is 1. The van der Waals surface area contributed by atoms with Gasteiger partial charge in [0.25, 0.3) is 5.91 Å². The van der Waals surface area contributed by atoms with E-state index in [4.69, 9.17) is 26.5 Å². The van der Waals surface area contributed by atoms with Gasteiger partial charge in [-0.05, 0) is 18.2 Å². The summed E-state index contributed by atoms with van der Waals surface area (Å²) in [6.45, 7) is 0.595. The number of nitrogens with one attached hydrogen (secondary N) is 1. The Hall–Kier alpha value is -2.05. The van der Waals surface area contributed by atoms with E-state index in [1.165, 1.54) is 19.2 Å². The summed E-state index contributed by atoms with van der Waals surface area (Å²) in [5.74, 6) is -0.824. The first-order valence-electron chi connectivity index (χ1n) is 5.83. The molecule has 0 unspecified atom stereocenters. The highest BCUT2D eigenvalue weighted by atomic mass is 35.5. The SMILES string of the molecule is COCCNC(=O)c1c(N)oc2ccc(Cl)cc2c1=O. The summed E-state index contributed by atoms with van der Waals surface area (Å²) < 4.78 is 10.1. The van der Waals surface area contributed by atoms with Gasteiger partial charge in [0.15, 0.2) is 0 Å². The van der Waals surface area contributed by atoms with Crippen molar-refractivity contribution in [1.29, 1.82) is 0 Å². The largest absolute Gasteiger partial charge is 0.440 e. The van der Waals surface area contributed by atoms with E-state index < -0.39 is 11.3 Å². The predicted molar refractivity (Wildman–Crippen MR) is 76.1 cm³/mol. The second kappa shape index (κ2) is 5.94. The second-order valence-corrected chi connectivity index (χ2v) is 4.50. The molecule has 106 valence electrons. The van der Waals surface area contributed by atoms with Crippen molar-refractivity contribution in [3.63, 3.8) is 0 Å². The van der Waals surface area contributed by atoms with Crippen LogP contribution in [0.5, 0.6) is 0 Å². The molecular formula is C13H13ClN2O4. The lowest BCUT2D eigenvalue weighted by Crippen LogP contribution is -2.32. The van der Waals surface area contributed by atoms with Crippen molar-refractivity contribution in [2.75, 3.05) is 26.0 Å². The highest BCUT2D eigenvalue weighted by Gasteiger charge is 2.19. The van der Waals surface area contributed by atoms with Crippen molar-refractivity contribution in [2.24, 2.45) is 0 Å². The molecule has 0 aliphatic rings. The summed E-state index contributed by atoms with van der Waals surface area (Å²) in [5, 5.41) is 3.11. The van der Waals surface area contributed by atoms with Gasteiger partial charge >= 0.3 is 0 Å². The van der Waals surface area contributed by atoms with Crippen LogP contribution in [0.4, 0.5) is 5.88 Å². The lowest BCUT2D eigenvalue weighted by molar-refractivity contribution is 0.0935. The first-order valence-corrected chi connectivity index (χ1v) is 6.21. The van der Waals surface area contributed by atoms with Crippen LogP contribution in [0, 0.1) is 0 Å². The Labute approximate surface area is 119 Å². The summed E-state index contributed by atoms with van der Waals surface area (Å²) in [5.41, 5.74) is 5.18. The number of amides is 1. The minimum absolute atomic E-state index is 0.212. The fraction of sp³-hybridized carbons (Fsp3) is 0.231. The summed E-state index contributed by atoms with van der Waals surface area (Å²) in [6.07, 6.45) is 0.